The Hall–Kier alpha value is -1.01. The van der Waals surface area contributed by atoms with E-state index < -0.39 is 22.1 Å². The molecule has 0 aromatic carbocycles. The lowest BCUT2D eigenvalue weighted by molar-refractivity contribution is -0.125. The second-order valence-corrected chi connectivity index (χ2v) is 11.7. The first-order valence-electron chi connectivity index (χ1n) is 9.38. The van der Waals surface area contributed by atoms with Gasteiger partial charge < -0.3 is 5.32 Å². The Morgan fingerprint density at radius 2 is 1.82 bits per heavy atom. The number of nitrogens with zero attached hydrogens (tertiary/aromatic N) is 2. The van der Waals surface area contributed by atoms with Crippen LogP contribution in [-0.2, 0) is 14.8 Å². The van der Waals surface area contributed by atoms with Crippen LogP contribution in [0, 0.1) is 0 Å². The van der Waals surface area contributed by atoms with Gasteiger partial charge >= 0.3 is 6.03 Å². The molecular weight excluding hydrogens is 468 g/mol. The van der Waals surface area contributed by atoms with Crippen molar-refractivity contribution in [3.63, 3.8) is 0 Å². The van der Waals surface area contributed by atoms with Gasteiger partial charge in [-0.25, -0.2) is 13.2 Å². The normalized spacial score (nSPS) is 20.8. The largest absolute Gasteiger partial charge is 0.335 e. The number of carbonyl (C=O) groups excluding carboxylic acids is 2. The van der Waals surface area contributed by atoms with Crippen molar-refractivity contribution < 1.29 is 18.0 Å². The summed E-state index contributed by atoms with van der Waals surface area (Å²) in [5, 5.41) is 5.24. The van der Waals surface area contributed by atoms with Gasteiger partial charge in [0.1, 0.15) is 4.21 Å². The topological polar surface area (TPSA) is 98.8 Å². The number of hydrogen-bond donors (Lipinski definition) is 2. The molecule has 11 heteroatoms. The van der Waals surface area contributed by atoms with E-state index in [-0.39, 0.29) is 11.9 Å². The third-order valence-corrected chi connectivity index (χ3v) is 9.26. The Labute approximate surface area is 177 Å². The summed E-state index contributed by atoms with van der Waals surface area (Å²) in [6, 6.07) is 2.50. The second kappa shape index (κ2) is 9.21. The standard InChI is InChI=1S/C17H25BrN4O4S2/c1-12(16(23)20-17(24)19-13-4-2-3-5-13)21-8-10-22(11-9-21)28(25,26)15-7-6-14(18)27-15/h6-7,12-13H,2-5,8-11H2,1H3,(H2,19,20,23,24). The minimum absolute atomic E-state index is 0.147. The average Bonchev–Trinajstić information content (AvgIpc) is 3.33. The van der Waals surface area contributed by atoms with E-state index >= 15 is 0 Å². The number of imide groups is 1. The van der Waals surface area contributed by atoms with Crippen LogP contribution in [0.15, 0.2) is 20.1 Å². The quantitative estimate of drug-likeness (QED) is 0.654. The minimum atomic E-state index is -3.51. The van der Waals surface area contributed by atoms with Gasteiger partial charge in [-0.15, -0.1) is 11.3 Å². The minimum Gasteiger partial charge on any atom is -0.335 e. The molecule has 0 spiro atoms. The van der Waals surface area contributed by atoms with Crippen molar-refractivity contribution in [1.29, 1.82) is 0 Å². The van der Waals surface area contributed by atoms with Gasteiger partial charge in [0.25, 0.3) is 10.0 Å². The number of nitrogens with one attached hydrogen (secondary N) is 2. The summed E-state index contributed by atoms with van der Waals surface area (Å²) in [6.45, 7) is 3.22. The van der Waals surface area contributed by atoms with E-state index in [0.717, 1.165) is 29.5 Å². The highest BCUT2D eigenvalue weighted by molar-refractivity contribution is 9.11. The summed E-state index contributed by atoms with van der Waals surface area (Å²) < 4.78 is 27.9. The van der Waals surface area contributed by atoms with E-state index in [2.05, 4.69) is 26.6 Å². The molecule has 1 saturated carbocycles. The summed E-state index contributed by atoms with van der Waals surface area (Å²) in [6.07, 6.45) is 4.11. The molecule has 1 aliphatic carbocycles. The highest BCUT2D eigenvalue weighted by Crippen LogP contribution is 2.29. The lowest BCUT2D eigenvalue weighted by Crippen LogP contribution is -2.56. The Morgan fingerprint density at radius 1 is 1.18 bits per heavy atom. The van der Waals surface area contributed by atoms with Crippen molar-refractivity contribution in [3.05, 3.63) is 15.9 Å². The lowest BCUT2D eigenvalue weighted by atomic mass is 10.2. The molecular formula is C17H25BrN4O4S2. The molecule has 2 N–H and O–H groups in total. The van der Waals surface area contributed by atoms with Gasteiger partial charge in [-0.1, -0.05) is 12.8 Å². The number of thiophene rings is 1. The second-order valence-electron chi connectivity index (χ2n) is 7.12. The predicted molar refractivity (Wildman–Crippen MR) is 111 cm³/mol. The van der Waals surface area contributed by atoms with Crippen molar-refractivity contribution in [2.75, 3.05) is 26.2 Å². The molecule has 3 amide bonds. The number of carbonyl (C=O) groups is 2. The SMILES string of the molecule is CC(C(=O)NC(=O)NC1CCCC1)N1CCN(S(=O)(=O)c2ccc(Br)s2)CC1. The molecule has 0 radical (unpaired) electrons. The third-order valence-electron chi connectivity index (χ3n) is 5.27. The first-order valence-corrected chi connectivity index (χ1v) is 12.4. The molecule has 3 rings (SSSR count). The van der Waals surface area contributed by atoms with Gasteiger partial charge in [0.15, 0.2) is 0 Å². The van der Waals surface area contributed by atoms with Crippen LogP contribution in [0.25, 0.3) is 0 Å². The predicted octanol–water partition coefficient (Wildman–Crippen LogP) is 1.97. The fourth-order valence-corrected chi connectivity index (χ4v) is 7.16. The zero-order valence-electron chi connectivity index (χ0n) is 15.7. The van der Waals surface area contributed by atoms with Crippen LogP contribution in [0.2, 0.25) is 0 Å². The van der Waals surface area contributed by atoms with Gasteiger partial charge in [0.2, 0.25) is 5.91 Å². The van der Waals surface area contributed by atoms with Gasteiger partial charge in [-0.05, 0) is 47.8 Å². The number of piperazine rings is 1. The van der Waals surface area contributed by atoms with E-state index in [4.69, 9.17) is 0 Å². The summed E-state index contributed by atoms with van der Waals surface area (Å²) in [5.74, 6) is -0.367. The number of rotatable bonds is 5. The van der Waals surface area contributed by atoms with Gasteiger partial charge in [0, 0.05) is 32.2 Å². The fourth-order valence-electron chi connectivity index (χ4n) is 3.57. The van der Waals surface area contributed by atoms with Gasteiger partial charge in [-0.3, -0.25) is 15.0 Å². The smallest absolute Gasteiger partial charge is 0.321 e. The van der Waals surface area contributed by atoms with E-state index in [0.29, 0.717) is 30.4 Å². The molecule has 1 aromatic rings. The molecule has 156 valence electrons. The first kappa shape index (κ1) is 21.7. The van der Waals surface area contributed by atoms with Crippen LogP contribution in [0.5, 0.6) is 0 Å². The molecule has 1 saturated heterocycles. The zero-order valence-corrected chi connectivity index (χ0v) is 18.9. The highest BCUT2D eigenvalue weighted by Gasteiger charge is 2.33. The molecule has 1 atom stereocenters. The molecule has 1 unspecified atom stereocenters. The monoisotopic (exact) mass is 492 g/mol. The maximum atomic E-state index is 12.7. The maximum absolute atomic E-state index is 12.7. The van der Waals surface area contributed by atoms with Crippen molar-refractivity contribution >= 4 is 49.2 Å². The molecule has 1 aliphatic heterocycles. The van der Waals surface area contributed by atoms with Crippen LogP contribution in [-0.4, -0.2) is 67.8 Å². The lowest BCUT2D eigenvalue weighted by Gasteiger charge is -2.36. The molecule has 8 nitrogen and oxygen atoms in total. The zero-order chi connectivity index (χ0) is 20.3. The van der Waals surface area contributed by atoms with E-state index in [9.17, 15) is 18.0 Å². The number of urea groups is 1. The molecule has 2 fully saturated rings. The van der Waals surface area contributed by atoms with E-state index in [1.807, 2.05) is 4.90 Å². The molecule has 0 bridgehead atoms. The number of halogens is 1. The molecule has 2 heterocycles. The molecule has 1 aromatic heterocycles. The number of sulfonamides is 1. The van der Waals surface area contributed by atoms with E-state index in [1.165, 1.54) is 15.6 Å². The summed E-state index contributed by atoms with van der Waals surface area (Å²) in [5.41, 5.74) is 0. The summed E-state index contributed by atoms with van der Waals surface area (Å²) >= 11 is 4.48. The van der Waals surface area contributed by atoms with Gasteiger partial charge in [-0.2, -0.15) is 4.31 Å². The van der Waals surface area contributed by atoms with Crippen LogP contribution < -0.4 is 10.6 Å². The fraction of sp³-hybridized carbons (Fsp3) is 0.647. The Bertz CT molecular complexity index is 815. The Balaban J connectivity index is 1.49. The third kappa shape index (κ3) is 5.12. The first-order chi connectivity index (χ1) is 13.3. The van der Waals surface area contributed by atoms with Gasteiger partial charge in [0.05, 0.1) is 9.83 Å². The van der Waals surface area contributed by atoms with Crippen LogP contribution >= 0.6 is 27.3 Å². The van der Waals surface area contributed by atoms with Crippen molar-refractivity contribution in [1.82, 2.24) is 19.8 Å². The Kier molecular flexibility index (Phi) is 7.13. The summed E-state index contributed by atoms with van der Waals surface area (Å²) in [4.78, 5) is 26.3. The number of hydrogen-bond acceptors (Lipinski definition) is 6. The summed E-state index contributed by atoms with van der Waals surface area (Å²) in [7, 11) is -3.51. The van der Waals surface area contributed by atoms with Crippen LogP contribution in [0.3, 0.4) is 0 Å². The average molecular weight is 493 g/mol. The van der Waals surface area contributed by atoms with Crippen LogP contribution in [0.4, 0.5) is 4.79 Å². The molecule has 2 aliphatic rings. The number of amides is 3. The molecule has 28 heavy (non-hydrogen) atoms. The van der Waals surface area contributed by atoms with Crippen molar-refractivity contribution in [2.45, 2.75) is 48.9 Å². The Morgan fingerprint density at radius 3 is 2.39 bits per heavy atom. The van der Waals surface area contributed by atoms with Crippen LogP contribution in [0.1, 0.15) is 32.6 Å². The van der Waals surface area contributed by atoms with Crippen molar-refractivity contribution in [3.8, 4) is 0 Å². The maximum Gasteiger partial charge on any atom is 0.321 e. The van der Waals surface area contributed by atoms with Crippen molar-refractivity contribution in [2.24, 2.45) is 0 Å². The van der Waals surface area contributed by atoms with E-state index in [1.54, 1.807) is 19.1 Å². The highest BCUT2D eigenvalue weighted by atomic mass is 79.9.